The highest BCUT2D eigenvalue weighted by Crippen LogP contribution is 2.45. The highest BCUT2D eigenvalue weighted by molar-refractivity contribution is 6.34. The van der Waals surface area contributed by atoms with Gasteiger partial charge in [0.15, 0.2) is 0 Å². The molecule has 1 aliphatic carbocycles. The first-order chi connectivity index (χ1) is 19.6. The van der Waals surface area contributed by atoms with E-state index < -0.39 is 28.9 Å². The standard InChI is InChI=1S/C31H39ClN4O6/c1-19(2)31(40)15-21(16-31)36-24(37)17-30(6,35-26(36)34-28(39)42-29(3,4)5)22-13-10-14-23(25(22)32)33-27(38)41-18-20-11-8-7-9-12-20/h7-14,19,21,40H,15-18H2,1-6H3,(H,33,38)(H,34,35,39)/t21?,30-,31?/m0/s1. The molecule has 0 aromatic heterocycles. The van der Waals surface area contributed by atoms with Gasteiger partial charge >= 0.3 is 12.2 Å². The van der Waals surface area contributed by atoms with E-state index >= 15 is 0 Å². The Morgan fingerprint density at radius 3 is 2.38 bits per heavy atom. The summed E-state index contributed by atoms with van der Waals surface area (Å²) in [6.45, 7) is 10.9. The zero-order valence-corrected chi connectivity index (χ0v) is 25.6. The lowest BCUT2D eigenvalue weighted by Crippen LogP contribution is -2.65. The maximum atomic E-state index is 13.7. The Labute approximate surface area is 251 Å². The molecule has 42 heavy (non-hydrogen) atoms. The van der Waals surface area contributed by atoms with Crippen LogP contribution in [0, 0.1) is 5.92 Å². The van der Waals surface area contributed by atoms with Crippen molar-refractivity contribution in [3.05, 3.63) is 64.7 Å². The lowest BCUT2D eigenvalue weighted by molar-refractivity contribution is -0.145. The molecular formula is C31H39ClN4O6. The van der Waals surface area contributed by atoms with Gasteiger partial charge in [-0.25, -0.2) is 14.6 Å². The first-order valence-corrected chi connectivity index (χ1v) is 14.4. The van der Waals surface area contributed by atoms with Crippen molar-refractivity contribution >= 4 is 41.3 Å². The molecule has 1 heterocycles. The summed E-state index contributed by atoms with van der Waals surface area (Å²) in [6, 6.07) is 14.0. The van der Waals surface area contributed by atoms with Gasteiger partial charge in [0.2, 0.25) is 11.9 Å². The van der Waals surface area contributed by atoms with Crippen LogP contribution >= 0.6 is 11.6 Å². The molecule has 1 saturated carbocycles. The van der Waals surface area contributed by atoms with Crippen LogP contribution in [0.5, 0.6) is 0 Å². The van der Waals surface area contributed by atoms with Gasteiger partial charge in [-0.1, -0.05) is 67.9 Å². The molecule has 2 aromatic rings. The molecule has 0 spiro atoms. The van der Waals surface area contributed by atoms with E-state index in [4.69, 9.17) is 26.1 Å². The van der Waals surface area contributed by atoms with Crippen LogP contribution in [-0.2, 0) is 26.4 Å². The molecule has 226 valence electrons. The Morgan fingerprint density at radius 1 is 1.10 bits per heavy atom. The van der Waals surface area contributed by atoms with E-state index in [1.165, 1.54) is 4.90 Å². The number of carbonyl (C=O) groups is 3. The summed E-state index contributed by atoms with van der Waals surface area (Å²) >= 11 is 6.78. The van der Waals surface area contributed by atoms with Crippen molar-refractivity contribution in [2.75, 3.05) is 5.32 Å². The minimum atomic E-state index is -1.18. The van der Waals surface area contributed by atoms with Crippen LogP contribution in [-0.4, -0.2) is 51.3 Å². The third-order valence-corrected chi connectivity index (χ3v) is 8.01. The Kier molecular flexibility index (Phi) is 8.89. The number of hydrogen-bond acceptors (Lipinski definition) is 7. The number of nitrogens with zero attached hydrogens (tertiary/aromatic N) is 2. The zero-order valence-electron chi connectivity index (χ0n) is 24.9. The fourth-order valence-electron chi connectivity index (χ4n) is 5.16. The van der Waals surface area contributed by atoms with Gasteiger partial charge < -0.3 is 14.6 Å². The zero-order chi connectivity index (χ0) is 30.9. The Morgan fingerprint density at radius 2 is 1.76 bits per heavy atom. The van der Waals surface area contributed by atoms with Gasteiger partial charge in [-0.15, -0.1) is 0 Å². The van der Waals surface area contributed by atoms with Crippen molar-refractivity contribution < 1.29 is 29.0 Å². The number of rotatable bonds is 6. The summed E-state index contributed by atoms with van der Waals surface area (Å²) < 4.78 is 10.8. The molecule has 0 saturated heterocycles. The van der Waals surface area contributed by atoms with Gasteiger partial charge in [0.1, 0.15) is 12.2 Å². The maximum absolute atomic E-state index is 13.7. The number of guanidine groups is 1. The largest absolute Gasteiger partial charge is 0.444 e. The number of amides is 3. The quantitative estimate of drug-likeness (QED) is 0.376. The van der Waals surface area contributed by atoms with Crippen LogP contribution in [0.15, 0.2) is 53.5 Å². The smallest absolute Gasteiger partial charge is 0.414 e. The van der Waals surface area contributed by atoms with E-state index in [0.29, 0.717) is 24.1 Å². The summed E-state index contributed by atoms with van der Waals surface area (Å²) in [5.41, 5.74) is -1.25. The summed E-state index contributed by atoms with van der Waals surface area (Å²) in [7, 11) is 0. The van der Waals surface area contributed by atoms with Crippen LogP contribution in [0.3, 0.4) is 0 Å². The monoisotopic (exact) mass is 598 g/mol. The summed E-state index contributed by atoms with van der Waals surface area (Å²) in [6.07, 6.45) is -0.789. The average molecular weight is 599 g/mol. The van der Waals surface area contributed by atoms with Crippen LogP contribution in [0.1, 0.15) is 71.9 Å². The van der Waals surface area contributed by atoms with Crippen LogP contribution < -0.4 is 10.6 Å². The predicted molar refractivity (Wildman–Crippen MR) is 160 cm³/mol. The van der Waals surface area contributed by atoms with Crippen LogP contribution in [0.25, 0.3) is 0 Å². The molecule has 2 aromatic carbocycles. The molecule has 4 rings (SSSR count). The molecule has 0 unspecified atom stereocenters. The van der Waals surface area contributed by atoms with E-state index in [9.17, 15) is 19.5 Å². The van der Waals surface area contributed by atoms with Crippen molar-refractivity contribution in [3.8, 4) is 0 Å². The minimum absolute atomic E-state index is 0.00606. The molecule has 3 N–H and O–H groups in total. The summed E-state index contributed by atoms with van der Waals surface area (Å²) in [5.74, 6) is -0.256. The lowest BCUT2D eigenvalue weighted by Gasteiger charge is -2.52. The molecule has 11 heteroatoms. The van der Waals surface area contributed by atoms with E-state index in [0.717, 1.165) is 5.56 Å². The summed E-state index contributed by atoms with van der Waals surface area (Å²) in [4.78, 5) is 45.3. The number of benzene rings is 2. The molecule has 1 aliphatic heterocycles. The number of nitrogens with one attached hydrogen (secondary N) is 2. The molecule has 0 radical (unpaired) electrons. The van der Waals surface area contributed by atoms with Crippen molar-refractivity contribution in [3.63, 3.8) is 0 Å². The molecule has 2 aliphatic rings. The van der Waals surface area contributed by atoms with Gasteiger partial charge in [-0.2, -0.15) is 0 Å². The van der Waals surface area contributed by atoms with Crippen LogP contribution in [0.4, 0.5) is 15.3 Å². The van der Waals surface area contributed by atoms with Crippen molar-refractivity contribution in [1.82, 2.24) is 10.2 Å². The van der Waals surface area contributed by atoms with Gasteiger partial charge in [-0.3, -0.25) is 20.3 Å². The molecule has 3 amide bonds. The van der Waals surface area contributed by atoms with Gasteiger partial charge in [0, 0.05) is 11.6 Å². The third-order valence-electron chi connectivity index (χ3n) is 7.60. The molecular weight excluding hydrogens is 560 g/mol. The number of carbonyl (C=O) groups excluding carboxylic acids is 3. The molecule has 10 nitrogen and oxygen atoms in total. The van der Waals surface area contributed by atoms with Gasteiger partial charge in [-0.05, 0) is 58.1 Å². The highest BCUT2D eigenvalue weighted by Gasteiger charge is 2.52. The number of aliphatic imine (C=N–C) groups is 1. The number of aliphatic hydroxyl groups is 1. The highest BCUT2D eigenvalue weighted by atomic mass is 35.5. The third kappa shape index (κ3) is 7.04. The normalized spacial score (nSPS) is 24.0. The first kappa shape index (κ1) is 31.3. The maximum Gasteiger partial charge on any atom is 0.414 e. The number of hydrogen-bond donors (Lipinski definition) is 3. The lowest BCUT2D eigenvalue weighted by atomic mass is 9.68. The number of alkyl carbamates (subject to hydrolysis) is 1. The molecule has 1 fully saturated rings. The Hall–Kier alpha value is -3.63. The van der Waals surface area contributed by atoms with E-state index in [1.54, 1.807) is 45.9 Å². The topological polar surface area (TPSA) is 130 Å². The van der Waals surface area contributed by atoms with E-state index in [1.807, 2.05) is 44.2 Å². The second-order valence-corrected chi connectivity index (χ2v) is 12.8. The second-order valence-electron chi connectivity index (χ2n) is 12.5. The van der Waals surface area contributed by atoms with Gasteiger partial charge in [0.25, 0.3) is 0 Å². The van der Waals surface area contributed by atoms with Crippen molar-refractivity contribution in [2.45, 2.75) is 90.2 Å². The predicted octanol–water partition coefficient (Wildman–Crippen LogP) is 5.97. The van der Waals surface area contributed by atoms with Crippen molar-refractivity contribution in [1.29, 1.82) is 0 Å². The SMILES string of the molecule is CC(C)C1(O)CC(N2C(=O)C[C@@](C)(c3cccc(NC(=O)OCc4ccccc4)c3Cl)N=C2NC(=O)OC(C)(C)C)C1. The van der Waals surface area contributed by atoms with Gasteiger partial charge in [0.05, 0.1) is 28.3 Å². The number of anilines is 1. The fourth-order valence-corrected chi connectivity index (χ4v) is 5.54. The molecule has 1 atom stereocenters. The van der Waals surface area contributed by atoms with E-state index in [2.05, 4.69) is 10.6 Å². The average Bonchev–Trinajstić information content (AvgIpc) is 2.86. The Balaban J connectivity index is 1.61. The Bertz CT molecular complexity index is 1370. The van der Waals surface area contributed by atoms with Crippen LogP contribution in [0.2, 0.25) is 5.02 Å². The van der Waals surface area contributed by atoms with Crippen molar-refractivity contribution in [2.24, 2.45) is 10.9 Å². The summed E-state index contributed by atoms with van der Waals surface area (Å²) in [5, 5.41) is 16.4. The first-order valence-electron chi connectivity index (χ1n) is 14.0. The van der Waals surface area contributed by atoms with E-state index in [-0.39, 0.29) is 41.9 Å². The number of ether oxygens (including phenoxy) is 2. The number of halogens is 1. The molecule has 0 bridgehead atoms. The second kappa shape index (κ2) is 11.9. The minimum Gasteiger partial charge on any atom is -0.444 e. The fraction of sp³-hybridized carbons (Fsp3) is 0.484.